The number of aromatic carboxylic acids is 1. The Labute approximate surface area is 114 Å². The van der Waals surface area contributed by atoms with Crippen molar-refractivity contribution in [1.82, 2.24) is 4.98 Å². The quantitative estimate of drug-likeness (QED) is 0.782. The number of sulfonamides is 1. The Morgan fingerprint density at radius 3 is 2.45 bits per heavy atom. The van der Waals surface area contributed by atoms with Crippen molar-refractivity contribution in [3.8, 4) is 5.75 Å². The highest BCUT2D eigenvalue weighted by Gasteiger charge is 2.19. The molecule has 0 fully saturated rings. The third-order valence-electron chi connectivity index (χ3n) is 2.39. The molecule has 0 unspecified atom stereocenters. The van der Waals surface area contributed by atoms with Crippen LogP contribution in [0, 0.1) is 0 Å². The van der Waals surface area contributed by atoms with Gasteiger partial charge in [-0.15, -0.1) is 0 Å². The zero-order valence-electron chi connectivity index (χ0n) is 10.0. The van der Waals surface area contributed by atoms with E-state index in [-0.39, 0.29) is 16.5 Å². The van der Waals surface area contributed by atoms with E-state index in [1.807, 2.05) is 0 Å². The number of rotatable bonds is 4. The van der Waals surface area contributed by atoms with E-state index >= 15 is 0 Å². The third kappa shape index (κ3) is 2.86. The van der Waals surface area contributed by atoms with Crippen molar-refractivity contribution in [1.29, 1.82) is 0 Å². The van der Waals surface area contributed by atoms with Crippen LogP contribution in [-0.4, -0.2) is 29.6 Å². The molecular formula is C12H10N2O5S. The van der Waals surface area contributed by atoms with Crippen LogP contribution in [0.25, 0.3) is 0 Å². The first-order valence-electron chi connectivity index (χ1n) is 5.40. The molecule has 3 N–H and O–H groups in total. The van der Waals surface area contributed by atoms with Gasteiger partial charge in [0.15, 0.2) is 5.82 Å². The minimum Gasteiger partial charge on any atom is -0.506 e. The van der Waals surface area contributed by atoms with Gasteiger partial charge in [0.25, 0.3) is 10.0 Å². The van der Waals surface area contributed by atoms with Crippen molar-refractivity contribution >= 4 is 21.8 Å². The van der Waals surface area contributed by atoms with Crippen LogP contribution in [0.4, 0.5) is 5.82 Å². The second-order valence-corrected chi connectivity index (χ2v) is 5.50. The number of nitrogens with one attached hydrogen (secondary N) is 1. The summed E-state index contributed by atoms with van der Waals surface area (Å²) in [6.45, 7) is 0. The summed E-state index contributed by atoms with van der Waals surface area (Å²) in [7, 11) is -3.94. The van der Waals surface area contributed by atoms with Crippen molar-refractivity contribution in [2.24, 2.45) is 0 Å². The van der Waals surface area contributed by atoms with Crippen molar-refractivity contribution in [3.63, 3.8) is 0 Å². The lowest BCUT2D eigenvalue weighted by Crippen LogP contribution is -2.16. The fourth-order valence-corrected chi connectivity index (χ4v) is 2.53. The summed E-state index contributed by atoms with van der Waals surface area (Å²) in [5, 5.41) is 18.2. The Morgan fingerprint density at radius 1 is 1.20 bits per heavy atom. The number of aromatic hydroxyl groups is 1. The molecule has 7 nitrogen and oxygen atoms in total. The van der Waals surface area contributed by atoms with Gasteiger partial charge in [-0.25, -0.2) is 18.2 Å². The van der Waals surface area contributed by atoms with Crippen molar-refractivity contribution in [2.45, 2.75) is 4.90 Å². The van der Waals surface area contributed by atoms with Crippen LogP contribution in [-0.2, 0) is 10.0 Å². The lowest BCUT2D eigenvalue weighted by Gasteiger charge is -2.09. The van der Waals surface area contributed by atoms with Gasteiger partial charge >= 0.3 is 5.97 Å². The van der Waals surface area contributed by atoms with E-state index in [4.69, 9.17) is 5.11 Å². The van der Waals surface area contributed by atoms with Crippen molar-refractivity contribution in [2.75, 3.05) is 4.72 Å². The summed E-state index contributed by atoms with van der Waals surface area (Å²) in [5.41, 5.74) is -0.440. The first kappa shape index (κ1) is 13.8. The van der Waals surface area contributed by atoms with Gasteiger partial charge in [0.05, 0.1) is 11.1 Å². The summed E-state index contributed by atoms with van der Waals surface area (Å²) in [6, 6.07) is 8.37. The summed E-state index contributed by atoms with van der Waals surface area (Å²) in [4.78, 5) is 14.6. The highest BCUT2D eigenvalue weighted by molar-refractivity contribution is 7.92. The van der Waals surface area contributed by atoms with E-state index < -0.39 is 21.6 Å². The van der Waals surface area contributed by atoms with Gasteiger partial charge in [-0.05, 0) is 18.2 Å². The Hall–Kier alpha value is -2.61. The van der Waals surface area contributed by atoms with Crippen LogP contribution in [0.1, 0.15) is 10.4 Å². The molecule has 0 bridgehead atoms. The maximum absolute atomic E-state index is 12.1. The van der Waals surface area contributed by atoms with Crippen LogP contribution in [0.3, 0.4) is 0 Å². The molecule has 0 spiro atoms. The monoisotopic (exact) mass is 294 g/mol. The highest BCUT2D eigenvalue weighted by Crippen LogP contribution is 2.21. The molecule has 0 aliphatic carbocycles. The summed E-state index contributed by atoms with van der Waals surface area (Å²) in [6.07, 6.45) is 0.954. The van der Waals surface area contributed by atoms with Crippen LogP contribution >= 0.6 is 0 Å². The topological polar surface area (TPSA) is 117 Å². The SMILES string of the molecule is O=C(O)c1cc(O)cnc1NS(=O)(=O)c1ccccc1. The molecule has 1 heterocycles. The molecule has 0 aliphatic rings. The Bertz CT molecular complexity index is 744. The van der Waals surface area contributed by atoms with E-state index in [0.29, 0.717) is 0 Å². The van der Waals surface area contributed by atoms with Crippen LogP contribution in [0.2, 0.25) is 0 Å². The number of anilines is 1. The van der Waals surface area contributed by atoms with Crippen LogP contribution < -0.4 is 4.72 Å². The average Bonchev–Trinajstić information content (AvgIpc) is 2.41. The highest BCUT2D eigenvalue weighted by atomic mass is 32.2. The molecule has 2 rings (SSSR count). The Balaban J connectivity index is 2.43. The third-order valence-corrected chi connectivity index (χ3v) is 3.74. The van der Waals surface area contributed by atoms with E-state index in [2.05, 4.69) is 9.71 Å². The molecule has 1 aromatic carbocycles. The smallest absolute Gasteiger partial charge is 0.339 e. The van der Waals surface area contributed by atoms with Gasteiger partial charge in [0.1, 0.15) is 11.3 Å². The summed E-state index contributed by atoms with van der Waals surface area (Å²) >= 11 is 0. The van der Waals surface area contributed by atoms with Gasteiger partial charge < -0.3 is 10.2 Å². The van der Waals surface area contributed by atoms with Gasteiger partial charge in [0, 0.05) is 0 Å². The minimum atomic E-state index is -3.94. The molecule has 0 atom stereocenters. The van der Waals surface area contributed by atoms with E-state index in [9.17, 15) is 18.3 Å². The first-order chi connectivity index (χ1) is 9.40. The largest absolute Gasteiger partial charge is 0.506 e. The molecule has 0 radical (unpaired) electrons. The molecule has 0 amide bonds. The van der Waals surface area contributed by atoms with Crippen LogP contribution in [0.15, 0.2) is 47.5 Å². The normalized spacial score (nSPS) is 11.0. The molecule has 0 saturated carbocycles. The second-order valence-electron chi connectivity index (χ2n) is 3.81. The molecule has 0 saturated heterocycles. The fraction of sp³-hybridized carbons (Fsp3) is 0. The maximum Gasteiger partial charge on any atom is 0.339 e. The molecule has 0 aliphatic heterocycles. The number of aromatic nitrogens is 1. The number of hydrogen-bond acceptors (Lipinski definition) is 5. The minimum absolute atomic E-state index is 0.0220. The standard InChI is InChI=1S/C12H10N2O5S/c15-8-6-10(12(16)17)11(13-7-8)14-20(18,19)9-4-2-1-3-5-9/h1-7,15H,(H,13,14)(H,16,17). The lowest BCUT2D eigenvalue weighted by atomic mass is 10.2. The predicted molar refractivity (Wildman–Crippen MR) is 70.1 cm³/mol. The molecule has 104 valence electrons. The number of hydrogen-bond donors (Lipinski definition) is 3. The molecule has 8 heteroatoms. The average molecular weight is 294 g/mol. The van der Waals surface area contributed by atoms with Gasteiger partial charge in [-0.2, -0.15) is 0 Å². The number of pyridine rings is 1. The molecule has 1 aromatic heterocycles. The molecule has 20 heavy (non-hydrogen) atoms. The predicted octanol–water partition coefficient (Wildman–Crippen LogP) is 1.29. The van der Waals surface area contributed by atoms with Crippen molar-refractivity contribution < 1.29 is 23.4 Å². The Kier molecular flexibility index (Phi) is 3.57. The molecule has 2 aromatic rings. The number of carboxylic acids is 1. The van der Waals surface area contributed by atoms with E-state index in [0.717, 1.165) is 12.3 Å². The lowest BCUT2D eigenvalue weighted by molar-refractivity contribution is 0.0697. The number of carbonyl (C=O) groups is 1. The number of benzene rings is 1. The summed E-state index contributed by atoms with van der Waals surface area (Å²) < 4.78 is 26.2. The fourth-order valence-electron chi connectivity index (χ4n) is 1.48. The number of carboxylic acid groups (broad SMARTS) is 1. The van der Waals surface area contributed by atoms with Gasteiger partial charge in [-0.3, -0.25) is 4.72 Å². The second kappa shape index (κ2) is 5.17. The van der Waals surface area contributed by atoms with E-state index in [1.165, 1.54) is 24.3 Å². The first-order valence-corrected chi connectivity index (χ1v) is 6.88. The van der Waals surface area contributed by atoms with Gasteiger partial charge in [0.2, 0.25) is 0 Å². The maximum atomic E-state index is 12.1. The Morgan fingerprint density at radius 2 is 1.85 bits per heavy atom. The zero-order chi connectivity index (χ0) is 14.8. The van der Waals surface area contributed by atoms with Crippen molar-refractivity contribution in [3.05, 3.63) is 48.2 Å². The molecular weight excluding hydrogens is 284 g/mol. The van der Waals surface area contributed by atoms with Crippen LogP contribution in [0.5, 0.6) is 5.75 Å². The zero-order valence-corrected chi connectivity index (χ0v) is 10.8. The van der Waals surface area contributed by atoms with E-state index in [1.54, 1.807) is 6.07 Å². The van der Waals surface area contributed by atoms with Gasteiger partial charge in [-0.1, -0.05) is 18.2 Å². The summed E-state index contributed by atoms with van der Waals surface area (Å²) in [5.74, 6) is -2.14. The number of nitrogens with zero attached hydrogens (tertiary/aromatic N) is 1.